The van der Waals surface area contributed by atoms with E-state index in [0.29, 0.717) is 13.0 Å². The normalized spacial score (nSPS) is 15.2. The Balaban J connectivity index is 4.45. The molecule has 0 amide bonds. The largest absolute Gasteiger partial charge is 0.472 e. The summed E-state index contributed by atoms with van der Waals surface area (Å²) in [4.78, 5) is 22.3. The van der Waals surface area contributed by atoms with Crippen LogP contribution >= 0.6 is 7.82 Å². The molecular weight excluding hydrogens is 595 g/mol. The average molecular weight is 657 g/mol. The highest BCUT2D eigenvalue weighted by atomic mass is 31.2. The number of hydrogen-bond acceptors (Lipinski definition) is 8. The number of phosphoric ester groups is 1. The van der Waals surface area contributed by atoms with Gasteiger partial charge in [0, 0.05) is 13.0 Å². The maximum Gasteiger partial charge on any atom is 0.472 e. The van der Waals surface area contributed by atoms with E-state index in [4.69, 9.17) is 19.1 Å². The SMILES string of the molecule is CC/C=C\C/C=C\C/C=C\C/C=C\CCC(=O)OC(COCCCCCCCC/C=C\CCC)COP(=O)(O)OCC(O)CO. The second-order valence-electron chi connectivity index (χ2n) is 10.8. The van der Waals surface area contributed by atoms with Crippen molar-refractivity contribution in [1.29, 1.82) is 0 Å². The molecule has 3 atom stereocenters. The van der Waals surface area contributed by atoms with Crippen molar-refractivity contribution in [2.24, 2.45) is 0 Å². The van der Waals surface area contributed by atoms with E-state index in [9.17, 15) is 19.4 Å². The van der Waals surface area contributed by atoms with Crippen molar-refractivity contribution >= 4 is 13.8 Å². The van der Waals surface area contributed by atoms with Crippen molar-refractivity contribution in [2.45, 2.75) is 122 Å². The molecule has 3 N–H and O–H groups in total. The quantitative estimate of drug-likeness (QED) is 0.0293. The van der Waals surface area contributed by atoms with E-state index in [1.54, 1.807) is 0 Å². The Morgan fingerprint density at radius 3 is 1.91 bits per heavy atom. The summed E-state index contributed by atoms with van der Waals surface area (Å²) in [6, 6.07) is 0. The molecule has 0 aromatic heterocycles. The summed E-state index contributed by atoms with van der Waals surface area (Å²) in [5.74, 6) is -0.469. The van der Waals surface area contributed by atoms with Crippen molar-refractivity contribution in [1.82, 2.24) is 0 Å². The van der Waals surface area contributed by atoms with Gasteiger partial charge in [0.15, 0.2) is 0 Å². The van der Waals surface area contributed by atoms with Crippen LogP contribution in [-0.4, -0.2) is 66.3 Å². The maximum absolute atomic E-state index is 12.4. The van der Waals surface area contributed by atoms with Gasteiger partial charge in [0.1, 0.15) is 12.2 Å². The van der Waals surface area contributed by atoms with Crippen molar-refractivity contribution in [3.63, 3.8) is 0 Å². The molecule has 0 saturated carbocycles. The van der Waals surface area contributed by atoms with Crippen molar-refractivity contribution < 1.29 is 43.0 Å². The Bertz CT molecular complexity index is 882. The summed E-state index contributed by atoms with van der Waals surface area (Å²) < 4.78 is 33.0. The molecule has 0 aliphatic carbocycles. The number of unbranched alkanes of at least 4 members (excludes halogenated alkanes) is 7. The lowest BCUT2D eigenvalue weighted by molar-refractivity contribution is -0.154. The first-order valence-corrected chi connectivity index (χ1v) is 18.3. The minimum absolute atomic E-state index is 0.0130. The van der Waals surface area contributed by atoms with Crippen LogP contribution < -0.4 is 0 Å². The summed E-state index contributed by atoms with van der Waals surface area (Å²) in [6.45, 7) is 3.18. The van der Waals surface area contributed by atoms with Crippen LogP contribution in [0.3, 0.4) is 0 Å². The Morgan fingerprint density at radius 1 is 0.711 bits per heavy atom. The lowest BCUT2D eigenvalue weighted by Crippen LogP contribution is -2.29. The molecule has 10 heteroatoms. The molecule has 9 nitrogen and oxygen atoms in total. The van der Waals surface area contributed by atoms with Crippen molar-refractivity contribution in [2.75, 3.05) is 33.0 Å². The van der Waals surface area contributed by atoms with Gasteiger partial charge in [-0.2, -0.15) is 0 Å². The standard InChI is InChI=1S/C35H61O9P/c1-3-5-7-9-11-13-15-16-17-19-21-23-25-27-35(38)44-34(32-43-45(39,40)42-30-33(37)29-36)31-41-28-26-24-22-20-18-14-12-10-8-6-4-2/h5,7-8,10-11,13,16-17,21,23,33-34,36-37H,3-4,6,9,12,14-15,18-20,22,24-32H2,1-2H3,(H,39,40)/b7-5-,10-8-,13-11-,17-16-,23-21-. The minimum Gasteiger partial charge on any atom is -0.457 e. The summed E-state index contributed by atoms with van der Waals surface area (Å²) in [5.41, 5.74) is 0. The summed E-state index contributed by atoms with van der Waals surface area (Å²) in [7, 11) is -4.53. The Morgan fingerprint density at radius 2 is 1.27 bits per heavy atom. The number of rotatable bonds is 31. The number of phosphoric acid groups is 1. The number of allylic oxidation sites excluding steroid dienone is 10. The minimum atomic E-state index is -4.53. The smallest absolute Gasteiger partial charge is 0.457 e. The second kappa shape index (κ2) is 32.1. The fraction of sp³-hybridized carbons (Fsp3) is 0.686. The van der Waals surface area contributed by atoms with Crippen LogP contribution in [0.2, 0.25) is 0 Å². The molecule has 0 aromatic carbocycles. The van der Waals surface area contributed by atoms with Gasteiger partial charge in [-0.15, -0.1) is 0 Å². The molecule has 3 unspecified atom stereocenters. The third-order valence-electron chi connectivity index (χ3n) is 6.43. The van der Waals surface area contributed by atoms with E-state index >= 15 is 0 Å². The molecule has 0 saturated heterocycles. The number of carbonyl (C=O) groups excluding carboxylic acids is 1. The summed E-state index contributed by atoms with van der Waals surface area (Å²) in [5, 5.41) is 18.2. The number of carbonyl (C=O) groups is 1. The van der Waals surface area contributed by atoms with E-state index in [0.717, 1.165) is 57.8 Å². The number of esters is 1. The predicted octanol–water partition coefficient (Wildman–Crippen LogP) is 8.07. The molecule has 0 bridgehead atoms. The maximum atomic E-state index is 12.4. The van der Waals surface area contributed by atoms with Gasteiger partial charge in [0.25, 0.3) is 0 Å². The van der Waals surface area contributed by atoms with Gasteiger partial charge in [-0.3, -0.25) is 13.8 Å². The first-order chi connectivity index (χ1) is 21.8. The van der Waals surface area contributed by atoms with Gasteiger partial charge >= 0.3 is 13.8 Å². The van der Waals surface area contributed by atoms with Gasteiger partial charge in [-0.05, 0) is 57.8 Å². The van der Waals surface area contributed by atoms with Gasteiger partial charge in [0.2, 0.25) is 0 Å². The fourth-order valence-corrected chi connectivity index (χ4v) is 4.69. The van der Waals surface area contributed by atoms with Crippen molar-refractivity contribution in [3.05, 3.63) is 60.8 Å². The molecule has 0 heterocycles. The van der Waals surface area contributed by atoms with E-state index < -0.39 is 45.8 Å². The van der Waals surface area contributed by atoms with Crippen LogP contribution in [0.15, 0.2) is 60.8 Å². The van der Waals surface area contributed by atoms with Gasteiger partial charge in [-0.1, -0.05) is 107 Å². The molecule has 0 radical (unpaired) electrons. The lowest BCUT2D eigenvalue weighted by atomic mass is 10.1. The highest BCUT2D eigenvalue weighted by Gasteiger charge is 2.26. The number of ether oxygens (including phenoxy) is 2. The Labute approximate surface area is 272 Å². The number of hydrogen-bond donors (Lipinski definition) is 3. The Hall–Kier alpha value is -1.84. The highest BCUT2D eigenvalue weighted by molar-refractivity contribution is 7.47. The van der Waals surface area contributed by atoms with Crippen LogP contribution in [0.5, 0.6) is 0 Å². The van der Waals surface area contributed by atoms with E-state index in [2.05, 4.69) is 67.0 Å². The monoisotopic (exact) mass is 656 g/mol. The molecule has 45 heavy (non-hydrogen) atoms. The first kappa shape index (κ1) is 43.2. The van der Waals surface area contributed by atoms with E-state index in [1.165, 1.54) is 25.7 Å². The predicted molar refractivity (Wildman–Crippen MR) is 182 cm³/mol. The molecule has 0 aliphatic heterocycles. The van der Waals surface area contributed by atoms with Crippen molar-refractivity contribution in [3.8, 4) is 0 Å². The lowest BCUT2D eigenvalue weighted by Gasteiger charge is -2.20. The van der Waals surface area contributed by atoms with Crippen LogP contribution in [0.4, 0.5) is 0 Å². The molecule has 260 valence electrons. The van der Waals surface area contributed by atoms with E-state index in [-0.39, 0.29) is 13.0 Å². The highest BCUT2D eigenvalue weighted by Crippen LogP contribution is 2.43. The molecular formula is C35H61O9P. The van der Waals surface area contributed by atoms with E-state index in [1.807, 2.05) is 12.2 Å². The molecule has 0 fully saturated rings. The van der Waals surface area contributed by atoms with Gasteiger partial charge in [-0.25, -0.2) is 4.57 Å². The second-order valence-corrected chi connectivity index (χ2v) is 12.2. The topological polar surface area (TPSA) is 132 Å². The zero-order valence-corrected chi connectivity index (χ0v) is 28.7. The van der Waals surface area contributed by atoms with Gasteiger partial charge in [0.05, 0.1) is 26.4 Å². The fourth-order valence-electron chi connectivity index (χ4n) is 3.90. The van der Waals surface area contributed by atoms with Crippen LogP contribution in [0.1, 0.15) is 110 Å². The van der Waals surface area contributed by atoms with Gasteiger partial charge < -0.3 is 24.6 Å². The van der Waals surface area contributed by atoms with Crippen LogP contribution in [0.25, 0.3) is 0 Å². The molecule has 0 spiro atoms. The molecule has 0 rings (SSSR count). The zero-order chi connectivity index (χ0) is 33.3. The first-order valence-electron chi connectivity index (χ1n) is 16.8. The summed E-state index contributed by atoms with van der Waals surface area (Å²) in [6.07, 6.45) is 33.4. The molecule has 0 aliphatic rings. The third-order valence-corrected chi connectivity index (χ3v) is 7.38. The average Bonchev–Trinajstić information content (AvgIpc) is 3.03. The Kier molecular flexibility index (Phi) is 30.8. The summed E-state index contributed by atoms with van der Waals surface area (Å²) >= 11 is 0. The number of aliphatic hydroxyl groups excluding tert-OH is 2. The van der Waals surface area contributed by atoms with Crippen LogP contribution in [-0.2, 0) is 27.9 Å². The number of aliphatic hydroxyl groups is 2. The zero-order valence-electron chi connectivity index (χ0n) is 27.8. The molecule has 0 aromatic rings. The van der Waals surface area contributed by atoms with Crippen LogP contribution in [0, 0.1) is 0 Å². The third kappa shape index (κ3) is 31.9.